The number of carbonyl (C=O) groups excluding carboxylic acids is 2. The summed E-state index contributed by atoms with van der Waals surface area (Å²) in [5.74, 6) is 0.831. The summed E-state index contributed by atoms with van der Waals surface area (Å²) in [5, 5.41) is 0. The van der Waals surface area contributed by atoms with Gasteiger partial charge in [0.1, 0.15) is 11.6 Å². The van der Waals surface area contributed by atoms with Gasteiger partial charge in [-0.05, 0) is 48.7 Å². The number of nitrogens with zero attached hydrogens (tertiary/aromatic N) is 1. The molecule has 0 saturated carbocycles. The molecule has 4 rings (SSSR count). The Morgan fingerprint density at radius 1 is 1.19 bits per heavy atom. The highest BCUT2D eigenvalue weighted by Crippen LogP contribution is 2.28. The number of ether oxygens (including phenoxy) is 1. The van der Waals surface area contributed by atoms with Gasteiger partial charge in [0.2, 0.25) is 0 Å². The summed E-state index contributed by atoms with van der Waals surface area (Å²) in [5.41, 5.74) is 2.32. The van der Waals surface area contributed by atoms with E-state index >= 15 is 0 Å². The molecule has 0 amide bonds. The van der Waals surface area contributed by atoms with E-state index in [1.54, 1.807) is 18.2 Å². The van der Waals surface area contributed by atoms with Crippen LogP contribution in [0.5, 0.6) is 5.75 Å². The van der Waals surface area contributed by atoms with E-state index in [2.05, 4.69) is 4.90 Å². The summed E-state index contributed by atoms with van der Waals surface area (Å²) in [7, 11) is 0. The molecule has 1 atom stereocenters. The minimum Gasteiger partial charge on any atom is -0.492 e. The van der Waals surface area contributed by atoms with Gasteiger partial charge in [0.05, 0.1) is 12.2 Å². The lowest BCUT2D eigenvalue weighted by molar-refractivity contribution is 0.0927. The minimum atomic E-state index is -0.213. The molecule has 27 heavy (non-hydrogen) atoms. The van der Waals surface area contributed by atoms with Gasteiger partial charge in [-0.2, -0.15) is 0 Å². The Hall–Kier alpha value is -2.53. The van der Waals surface area contributed by atoms with E-state index in [0.29, 0.717) is 48.8 Å². The highest BCUT2D eigenvalue weighted by atomic mass is 19.1. The van der Waals surface area contributed by atoms with E-state index < -0.39 is 0 Å². The first-order valence-electron chi connectivity index (χ1n) is 9.41. The van der Waals surface area contributed by atoms with Crippen LogP contribution in [0.4, 0.5) is 4.39 Å². The first-order valence-corrected chi connectivity index (χ1v) is 9.41. The van der Waals surface area contributed by atoms with Gasteiger partial charge in [0, 0.05) is 31.5 Å². The molecule has 140 valence electrons. The molecule has 4 nitrogen and oxygen atoms in total. The first kappa shape index (κ1) is 17.9. The number of hydrogen-bond donors (Lipinski definition) is 0. The second-order valence-electron chi connectivity index (χ2n) is 7.24. The monoisotopic (exact) mass is 367 g/mol. The summed E-state index contributed by atoms with van der Waals surface area (Å²) in [6, 6.07) is 11.8. The van der Waals surface area contributed by atoms with Gasteiger partial charge in [0.15, 0.2) is 11.6 Å². The average molecular weight is 367 g/mol. The predicted octanol–water partition coefficient (Wildman–Crippen LogP) is 3.85. The van der Waals surface area contributed by atoms with E-state index in [4.69, 9.17) is 4.74 Å². The van der Waals surface area contributed by atoms with Crippen molar-refractivity contribution in [2.45, 2.75) is 25.2 Å². The van der Waals surface area contributed by atoms with Crippen molar-refractivity contribution in [3.63, 3.8) is 0 Å². The number of ketones is 2. The quantitative estimate of drug-likeness (QED) is 0.753. The van der Waals surface area contributed by atoms with Crippen LogP contribution in [-0.4, -0.2) is 42.7 Å². The Kier molecular flexibility index (Phi) is 5.03. The highest BCUT2D eigenvalue weighted by molar-refractivity contribution is 6.02. The number of benzene rings is 2. The molecular weight excluding hydrogens is 345 g/mol. The maximum Gasteiger partial charge on any atom is 0.169 e. The third kappa shape index (κ3) is 3.93. The molecule has 1 saturated heterocycles. The molecule has 2 aliphatic heterocycles. The molecule has 0 spiro atoms. The van der Waals surface area contributed by atoms with Crippen LogP contribution in [0.15, 0.2) is 42.5 Å². The summed E-state index contributed by atoms with van der Waals surface area (Å²) in [6.45, 7) is 2.91. The van der Waals surface area contributed by atoms with Gasteiger partial charge < -0.3 is 9.64 Å². The van der Waals surface area contributed by atoms with E-state index in [-0.39, 0.29) is 17.4 Å². The molecule has 5 heteroatoms. The molecular formula is C22H22FNO3. The number of hydrogen-bond acceptors (Lipinski definition) is 4. The lowest BCUT2D eigenvalue weighted by Crippen LogP contribution is -2.24. The van der Waals surface area contributed by atoms with Gasteiger partial charge in [-0.15, -0.1) is 0 Å². The molecule has 1 unspecified atom stereocenters. The van der Waals surface area contributed by atoms with Crippen molar-refractivity contribution in [2.24, 2.45) is 0 Å². The molecule has 2 aliphatic rings. The molecule has 0 radical (unpaired) electrons. The van der Waals surface area contributed by atoms with E-state index in [1.807, 2.05) is 12.1 Å². The summed E-state index contributed by atoms with van der Waals surface area (Å²) in [6.07, 6.45) is 1.85. The predicted molar refractivity (Wildman–Crippen MR) is 100 cm³/mol. The lowest BCUT2D eigenvalue weighted by atomic mass is 9.98. The molecule has 0 aliphatic carbocycles. The van der Waals surface area contributed by atoms with Crippen LogP contribution in [0, 0.1) is 5.82 Å². The number of fused-ring (bicyclic) bond motifs is 1. The van der Waals surface area contributed by atoms with Crippen molar-refractivity contribution in [2.75, 3.05) is 26.2 Å². The topological polar surface area (TPSA) is 46.6 Å². The minimum absolute atomic E-state index is 0.0599. The zero-order chi connectivity index (χ0) is 18.8. The standard InChI is InChI=1S/C22H22FNO3/c23-18-4-1-15(2-5-18)17-7-10-24(14-17)11-8-20(25)16-3-6-19-21(26)9-12-27-22(19)13-16/h1-6,13,17H,7-12,14H2. The van der Waals surface area contributed by atoms with Crippen LogP contribution in [-0.2, 0) is 0 Å². The van der Waals surface area contributed by atoms with E-state index in [9.17, 15) is 14.0 Å². The third-order valence-electron chi connectivity index (χ3n) is 5.46. The van der Waals surface area contributed by atoms with Crippen molar-refractivity contribution in [3.05, 3.63) is 65.0 Å². The van der Waals surface area contributed by atoms with Crippen molar-refractivity contribution in [1.29, 1.82) is 0 Å². The number of halogens is 1. The summed E-state index contributed by atoms with van der Waals surface area (Å²) >= 11 is 0. The second kappa shape index (κ2) is 7.61. The van der Waals surface area contributed by atoms with Crippen LogP contribution in [0.2, 0.25) is 0 Å². The second-order valence-corrected chi connectivity index (χ2v) is 7.24. The van der Waals surface area contributed by atoms with Gasteiger partial charge in [-0.3, -0.25) is 9.59 Å². The molecule has 2 aromatic carbocycles. The van der Waals surface area contributed by atoms with Gasteiger partial charge in [-0.25, -0.2) is 4.39 Å². The SMILES string of the molecule is O=C(CCN1CCC(c2ccc(F)cc2)C1)c1ccc2c(c1)OCCC2=O. The van der Waals surface area contributed by atoms with E-state index in [0.717, 1.165) is 25.1 Å². The summed E-state index contributed by atoms with van der Waals surface area (Å²) < 4.78 is 18.6. The normalized spacial score (nSPS) is 19.6. The van der Waals surface area contributed by atoms with Gasteiger partial charge in [0.25, 0.3) is 0 Å². The van der Waals surface area contributed by atoms with Crippen LogP contribution in [0.25, 0.3) is 0 Å². The smallest absolute Gasteiger partial charge is 0.169 e. The van der Waals surface area contributed by atoms with Crippen molar-refractivity contribution in [3.8, 4) is 5.75 Å². The zero-order valence-electron chi connectivity index (χ0n) is 15.1. The van der Waals surface area contributed by atoms with Crippen LogP contribution in [0.1, 0.15) is 51.5 Å². The molecule has 2 aromatic rings. The fourth-order valence-electron chi connectivity index (χ4n) is 3.88. The summed E-state index contributed by atoms with van der Waals surface area (Å²) in [4.78, 5) is 26.7. The van der Waals surface area contributed by atoms with Crippen LogP contribution < -0.4 is 4.74 Å². The maximum absolute atomic E-state index is 13.1. The number of Topliss-reactive ketones (excluding diaryl/α,β-unsaturated/α-hetero) is 2. The number of likely N-dealkylation sites (tertiary alicyclic amines) is 1. The lowest BCUT2D eigenvalue weighted by Gasteiger charge is -2.18. The number of carbonyl (C=O) groups is 2. The Morgan fingerprint density at radius 3 is 2.81 bits per heavy atom. The largest absolute Gasteiger partial charge is 0.492 e. The first-order chi connectivity index (χ1) is 13.1. The third-order valence-corrected chi connectivity index (χ3v) is 5.46. The zero-order valence-corrected chi connectivity index (χ0v) is 15.1. The van der Waals surface area contributed by atoms with Crippen molar-refractivity contribution in [1.82, 2.24) is 4.90 Å². The molecule has 0 aromatic heterocycles. The van der Waals surface area contributed by atoms with Crippen LogP contribution >= 0.6 is 0 Å². The average Bonchev–Trinajstić information content (AvgIpc) is 3.15. The Morgan fingerprint density at radius 2 is 2.00 bits per heavy atom. The molecule has 0 bridgehead atoms. The maximum atomic E-state index is 13.1. The van der Waals surface area contributed by atoms with Crippen LogP contribution in [0.3, 0.4) is 0 Å². The fourth-order valence-corrected chi connectivity index (χ4v) is 3.88. The van der Waals surface area contributed by atoms with Crippen molar-refractivity contribution >= 4 is 11.6 Å². The molecule has 2 heterocycles. The fraction of sp³-hybridized carbons (Fsp3) is 0.364. The Balaban J connectivity index is 1.33. The van der Waals surface area contributed by atoms with Gasteiger partial charge >= 0.3 is 0 Å². The highest BCUT2D eigenvalue weighted by Gasteiger charge is 2.25. The number of rotatable bonds is 5. The van der Waals surface area contributed by atoms with E-state index in [1.165, 1.54) is 12.1 Å². The molecule has 0 N–H and O–H groups in total. The van der Waals surface area contributed by atoms with Crippen molar-refractivity contribution < 1.29 is 18.7 Å². The molecule has 1 fully saturated rings. The Labute approximate surface area is 157 Å². The van der Waals surface area contributed by atoms with Gasteiger partial charge in [-0.1, -0.05) is 18.2 Å². The Bertz CT molecular complexity index is 862.